The Morgan fingerprint density at radius 3 is 2.22 bits per heavy atom. The van der Waals surface area contributed by atoms with Crippen LogP contribution in [0.25, 0.3) is 0 Å². The number of hydrogen-bond donors (Lipinski definition) is 0. The Bertz CT molecular complexity index is 1090. The molecular formula is C21H29F6N4O2PS2. The first-order chi connectivity index (χ1) is 16.3. The summed E-state index contributed by atoms with van der Waals surface area (Å²) in [6.45, 7) is 8.58. The Morgan fingerprint density at radius 2 is 1.72 bits per heavy atom. The standard InChI is InChI=1S/C21H28N4O2S2.F6P/c1-14-10-21(12-25(14)20(27)9-18-15(2)23-16(3)29-18)4-6-24(7-5-21)19(26)8-17-11-22-13-28-17;1-7(2,3,4,5)6/h11,13-14H,4-10,12H2,1-3H3;/q;-1/p+1. The van der Waals surface area contributed by atoms with Crippen LogP contribution in [-0.2, 0) is 22.4 Å². The SMILES string of the molecule is Cc1nc(C)c(CC(=O)N2CC3(CCN(C(=O)Cc4c[nH+]cs4)CC3)CC2C)s1.F[P-](F)(F)(F)(F)F. The van der Waals surface area contributed by atoms with E-state index in [0.29, 0.717) is 12.8 Å². The monoisotopic (exact) mass is 578 g/mol. The minimum absolute atomic E-state index is 0.168. The summed E-state index contributed by atoms with van der Waals surface area (Å²) in [7, 11) is -10.7. The van der Waals surface area contributed by atoms with Crippen molar-refractivity contribution in [3.63, 3.8) is 0 Å². The summed E-state index contributed by atoms with van der Waals surface area (Å²) in [4.78, 5) is 39.3. The molecule has 4 rings (SSSR count). The molecule has 1 spiro atoms. The van der Waals surface area contributed by atoms with E-state index < -0.39 is 7.81 Å². The number of carbonyl (C=O) groups is 2. The van der Waals surface area contributed by atoms with Gasteiger partial charge in [0.15, 0.2) is 6.20 Å². The molecule has 204 valence electrons. The van der Waals surface area contributed by atoms with Gasteiger partial charge in [-0.25, -0.2) is 9.97 Å². The van der Waals surface area contributed by atoms with Gasteiger partial charge in [0.1, 0.15) is 0 Å². The molecule has 2 aromatic rings. The van der Waals surface area contributed by atoms with Gasteiger partial charge in [-0.15, -0.1) is 11.3 Å². The fourth-order valence-corrected chi connectivity index (χ4v) is 6.40. The Morgan fingerprint density at radius 1 is 1.11 bits per heavy atom. The first-order valence-corrected chi connectivity index (χ1v) is 15.0. The molecule has 0 aliphatic carbocycles. The van der Waals surface area contributed by atoms with E-state index in [4.69, 9.17) is 0 Å². The predicted octanol–water partition coefficient (Wildman–Crippen LogP) is 6.03. The molecule has 2 saturated heterocycles. The molecule has 6 nitrogen and oxygen atoms in total. The van der Waals surface area contributed by atoms with Crippen LogP contribution in [0.5, 0.6) is 0 Å². The molecule has 2 amide bonds. The van der Waals surface area contributed by atoms with Gasteiger partial charge in [0.05, 0.1) is 28.4 Å². The van der Waals surface area contributed by atoms with E-state index in [9.17, 15) is 34.8 Å². The molecule has 15 heteroatoms. The number of H-pyrrole nitrogens is 1. The van der Waals surface area contributed by atoms with Gasteiger partial charge in [-0.1, -0.05) is 11.3 Å². The molecule has 1 unspecified atom stereocenters. The van der Waals surface area contributed by atoms with Crippen molar-refractivity contribution >= 4 is 42.3 Å². The van der Waals surface area contributed by atoms with Crippen LogP contribution < -0.4 is 4.98 Å². The summed E-state index contributed by atoms with van der Waals surface area (Å²) in [5.74, 6) is 0.430. The zero-order chi connectivity index (χ0) is 27.0. The number of nitrogens with one attached hydrogen (secondary N) is 1. The summed E-state index contributed by atoms with van der Waals surface area (Å²) in [5, 5.41) is 1.02. The van der Waals surface area contributed by atoms with Gasteiger partial charge in [-0.05, 0) is 45.4 Å². The number of aromatic amines is 1. The molecule has 0 saturated carbocycles. The van der Waals surface area contributed by atoms with Gasteiger partial charge in [0.25, 0.3) is 0 Å². The van der Waals surface area contributed by atoms with Crippen LogP contribution in [0.3, 0.4) is 0 Å². The second-order valence-corrected chi connectivity index (χ2v) is 13.7. The zero-order valence-electron chi connectivity index (χ0n) is 20.1. The van der Waals surface area contributed by atoms with Gasteiger partial charge in [-0.3, -0.25) is 9.59 Å². The molecular weight excluding hydrogens is 549 g/mol. The summed E-state index contributed by atoms with van der Waals surface area (Å²) in [6.07, 6.45) is 5.87. The van der Waals surface area contributed by atoms with Gasteiger partial charge in [-0.2, -0.15) is 0 Å². The fourth-order valence-electron chi connectivity index (χ4n) is 4.85. The third kappa shape index (κ3) is 8.95. The first-order valence-electron chi connectivity index (χ1n) is 11.3. The normalized spacial score (nSPS) is 21.5. The molecule has 0 aromatic carbocycles. The van der Waals surface area contributed by atoms with Gasteiger partial charge < -0.3 is 9.80 Å². The summed E-state index contributed by atoms with van der Waals surface area (Å²) >= 11 is 3.22. The van der Waals surface area contributed by atoms with E-state index in [2.05, 4.69) is 21.8 Å². The maximum absolute atomic E-state index is 13.0. The number of carbonyl (C=O) groups excluding carboxylic acids is 2. The zero-order valence-corrected chi connectivity index (χ0v) is 22.6. The van der Waals surface area contributed by atoms with Crippen LogP contribution in [0.4, 0.5) is 25.2 Å². The van der Waals surface area contributed by atoms with Crippen LogP contribution in [0.1, 0.15) is 46.6 Å². The molecule has 0 radical (unpaired) electrons. The summed E-state index contributed by atoms with van der Waals surface area (Å²) < 4.78 is 59.2. The maximum atomic E-state index is 13.0. The summed E-state index contributed by atoms with van der Waals surface area (Å²) in [6, 6.07) is 0.265. The van der Waals surface area contributed by atoms with Crippen LogP contribution in [0, 0.1) is 19.3 Å². The van der Waals surface area contributed by atoms with E-state index in [0.717, 1.165) is 59.4 Å². The second kappa shape index (κ2) is 9.50. The number of halogens is 6. The topological polar surface area (TPSA) is 67.7 Å². The average Bonchev–Trinajstić information content (AvgIpc) is 3.40. The van der Waals surface area contributed by atoms with Crippen LogP contribution in [0.2, 0.25) is 0 Å². The third-order valence-corrected chi connectivity index (χ3v) is 8.31. The number of aromatic nitrogens is 2. The van der Waals surface area contributed by atoms with Crippen LogP contribution in [0.15, 0.2) is 11.7 Å². The van der Waals surface area contributed by atoms with E-state index in [-0.39, 0.29) is 23.3 Å². The number of amides is 2. The number of piperidine rings is 1. The van der Waals surface area contributed by atoms with Gasteiger partial charge in [0.2, 0.25) is 17.3 Å². The number of likely N-dealkylation sites (tertiary alicyclic amines) is 2. The molecule has 2 aromatic heterocycles. The number of hydrogen-bond acceptors (Lipinski definition) is 5. The van der Waals surface area contributed by atoms with E-state index in [1.54, 1.807) is 22.7 Å². The fraction of sp³-hybridized carbons (Fsp3) is 0.619. The average molecular weight is 579 g/mol. The molecule has 4 heterocycles. The summed E-state index contributed by atoms with van der Waals surface area (Å²) in [5.41, 5.74) is 3.05. The van der Waals surface area contributed by atoms with Gasteiger partial charge >= 0.3 is 33.0 Å². The second-order valence-electron chi connectivity index (χ2n) is 9.52. The molecule has 1 atom stereocenters. The van der Waals surface area contributed by atoms with Crippen LogP contribution in [-0.4, -0.2) is 52.3 Å². The molecule has 36 heavy (non-hydrogen) atoms. The van der Waals surface area contributed by atoms with E-state index >= 15 is 0 Å². The molecule has 2 aliphatic heterocycles. The Labute approximate surface area is 213 Å². The number of thiazole rings is 2. The van der Waals surface area contributed by atoms with Crippen molar-refractivity contribution in [3.8, 4) is 0 Å². The molecule has 2 aliphatic rings. The Hall–Kier alpha value is -1.79. The van der Waals surface area contributed by atoms with Crippen molar-refractivity contribution in [2.75, 3.05) is 19.6 Å². The van der Waals surface area contributed by atoms with E-state index in [1.165, 1.54) is 0 Å². The third-order valence-electron chi connectivity index (χ3n) is 6.42. The molecule has 2 fully saturated rings. The first kappa shape index (κ1) is 28.8. The quantitative estimate of drug-likeness (QED) is 0.329. The minimum atomic E-state index is -10.7. The predicted molar refractivity (Wildman–Crippen MR) is 127 cm³/mol. The van der Waals surface area contributed by atoms with Crippen molar-refractivity contribution in [3.05, 3.63) is 32.2 Å². The number of nitrogens with zero attached hydrogens (tertiary/aromatic N) is 3. The van der Waals surface area contributed by atoms with Crippen molar-refractivity contribution in [2.24, 2.45) is 5.41 Å². The van der Waals surface area contributed by atoms with Crippen molar-refractivity contribution in [1.82, 2.24) is 14.8 Å². The van der Waals surface area contributed by atoms with Crippen LogP contribution >= 0.6 is 30.5 Å². The number of rotatable bonds is 4. The molecule has 1 N–H and O–H groups in total. The Balaban J connectivity index is 0.000000454. The van der Waals surface area contributed by atoms with Crippen molar-refractivity contribution in [1.29, 1.82) is 0 Å². The van der Waals surface area contributed by atoms with E-state index in [1.807, 2.05) is 30.5 Å². The van der Waals surface area contributed by atoms with Gasteiger partial charge in [0, 0.05) is 30.6 Å². The Kier molecular flexibility index (Phi) is 7.60. The van der Waals surface area contributed by atoms with Crippen molar-refractivity contribution < 1.29 is 39.8 Å². The number of aryl methyl sites for hydroxylation is 2. The molecule has 0 bridgehead atoms. The van der Waals surface area contributed by atoms with Crippen molar-refractivity contribution in [2.45, 2.75) is 58.9 Å².